The van der Waals surface area contributed by atoms with Crippen LogP contribution in [-0.2, 0) is 20.9 Å². The monoisotopic (exact) mass is 561 g/mol. The third-order valence-electron chi connectivity index (χ3n) is 5.97. The van der Waals surface area contributed by atoms with Crippen molar-refractivity contribution in [3.05, 3.63) is 83.9 Å². The first-order chi connectivity index (χ1) is 19.4. The molecule has 10 heteroatoms. The molecule has 0 spiro atoms. The van der Waals surface area contributed by atoms with E-state index in [1.165, 1.54) is 11.8 Å². The van der Waals surface area contributed by atoms with E-state index in [1.54, 1.807) is 67.5 Å². The van der Waals surface area contributed by atoms with E-state index in [1.807, 2.05) is 31.2 Å². The van der Waals surface area contributed by atoms with Crippen molar-refractivity contribution >= 4 is 46.1 Å². The fraction of sp³-hybridized carbons (Fsp3) is 0.267. The van der Waals surface area contributed by atoms with Gasteiger partial charge in [-0.3, -0.25) is 14.5 Å². The summed E-state index contributed by atoms with van der Waals surface area (Å²) < 4.78 is 15.7. The highest BCUT2D eigenvalue weighted by Crippen LogP contribution is 2.31. The molecule has 3 aromatic carbocycles. The minimum absolute atomic E-state index is 0.0184. The summed E-state index contributed by atoms with van der Waals surface area (Å²) in [5.41, 5.74) is 2.43. The number of hydrogen-bond donors (Lipinski definition) is 1. The lowest BCUT2D eigenvalue weighted by Crippen LogP contribution is -2.44. The van der Waals surface area contributed by atoms with Crippen molar-refractivity contribution in [3.8, 4) is 11.5 Å². The van der Waals surface area contributed by atoms with E-state index in [0.29, 0.717) is 40.2 Å². The molecule has 208 valence electrons. The van der Waals surface area contributed by atoms with E-state index >= 15 is 0 Å². The number of anilines is 1. The van der Waals surface area contributed by atoms with Crippen molar-refractivity contribution in [2.45, 2.75) is 32.1 Å². The van der Waals surface area contributed by atoms with Crippen LogP contribution in [0.1, 0.15) is 36.2 Å². The molecular weight excluding hydrogens is 530 g/mol. The van der Waals surface area contributed by atoms with Crippen molar-refractivity contribution < 1.29 is 28.6 Å². The Labute approximate surface area is 237 Å². The number of hydrogen-bond acceptors (Lipinski definition) is 8. The number of aliphatic imine (C=N–C) groups is 1. The van der Waals surface area contributed by atoms with Gasteiger partial charge in [-0.1, -0.05) is 23.9 Å². The Hall–Kier alpha value is -4.31. The van der Waals surface area contributed by atoms with Gasteiger partial charge in [0.2, 0.25) is 11.8 Å². The van der Waals surface area contributed by atoms with Gasteiger partial charge in [-0.25, -0.2) is 9.79 Å². The number of methoxy groups -OCH3 is 1. The fourth-order valence-electron chi connectivity index (χ4n) is 3.93. The maximum Gasteiger partial charge on any atom is 0.338 e. The highest BCUT2D eigenvalue weighted by atomic mass is 32.2. The zero-order chi connectivity index (χ0) is 28.5. The molecule has 0 bridgehead atoms. The van der Waals surface area contributed by atoms with Crippen LogP contribution >= 0.6 is 11.8 Å². The quantitative estimate of drug-likeness (QED) is 0.329. The largest absolute Gasteiger partial charge is 0.497 e. The van der Waals surface area contributed by atoms with Gasteiger partial charge in [0.05, 0.1) is 38.1 Å². The summed E-state index contributed by atoms with van der Waals surface area (Å²) in [4.78, 5) is 44.9. The average Bonchev–Trinajstić information content (AvgIpc) is 2.96. The second kappa shape index (κ2) is 13.7. The Bertz CT molecular complexity index is 1360. The van der Waals surface area contributed by atoms with E-state index in [2.05, 4.69) is 5.32 Å². The maximum atomic E-state index is 13.4. The van der Waals surface area contributed by atoms with Gasteiger partial charge in [-0.05, 0) is 80.1 Å². The second-order valence-corrected chi connectivity index (χ2v) is 9.92. The van der Waals surface area contributed by atoms with Crippen LogP contribution in [0.2, 0.25) is 0 Å². The Kier molecular flexibility index (Phi) is 9.80. The smallest absolute Gasteiger partial charge is 0.338 e. The number of benzene rings is 3. The Morgan fingerprint density at radius 3 is 2.25 bits per heavy atom. The second-order valence-electron chi connectivity index (χ2n) is 8.75. The first-order valence-corrected chi connectivity index (χ1v) is 13.8. The number of carbonyl (C=O) groups is 3. The third kappa shape index (κ3) is 7.41. The molecule has 1 heterocycles. The van der Waals surface area contributed by atoms with Crippen LogP contribution in [0.25, 0.3) is 0 Å². The predicted octanol–water partition coefficient (Wildman–Crippen LogP) is 5.43. The molecule has 1 unspecified atom stereocenters. The number of amidine groups is 1. The summed E-state index contributed by atoms with van der Waals surface area (Å²) >= 11 is 1.22. The molecule has 1 fully saturated rings. The fourth-order valence-corrected chi connectivity index (χ4v) is 5.03. The molecule has 9 nitrogen and oxygen atoms in total. The zero-order valence-electron chi connectivity index (χ0n) is 22.6. The molecule has 4 rings (SSSR count). The molecule has 40 heavy (non-hydrogen) atoms. The standard InChI is InChI=1S/C30H31N3O6S/c1-4-38-25-16-12-22(13-17-25)31-28(35)26-18-27(34)33(19-20-6-14-24(37-3)15-7-20)30(40-26)32-23-10-8-21(9-11-23)29(36)39-5-2/h6-17,26H,4-5,18-19H2,1-3H3,(H,31,35). The van der Waals surface area contributed by atoms with E-state index in [9.17, 15) is 14.4 Å². The normalized spacial score (nSPS) is 16.0. The van der Waals surface area contributed by atoms with Crippen molar-refractivity contribution in [2.75, 3.05) is 25.6 Å². The summed E-state index contributed by atoms with van der Waals surface area (Å²) in [7, 11) is 1.59. The van der Waals surface area contributed by atoms with Gasteiger partial charge in [0, 0.05) is 12.1 Å². The first-order valence-electron chi connectivity index (χ1n) is 12.9. The summed E-state index contributed by atoms with van der Waals surface area (Å²) in [5.74, 6) is 0.487. The molecule has 3 aromatic rings. The molecule has 1 aliphatic heterocycles. The van der Waals surface area contributed by atoms with E-state index in [4.69, 9.17) is 19.2 Å². The SMILES string of the molecule is CCOC(=O)c1ccc(N=C2SC(C(=O)Nc3ccc(OCC)cc3)CC(=O)N2Cc2ccc(OC)cc2)cc1. The molecule has 0 aliphatic carbocycles. The lowest BCUT2D eigenvalue weighted by Gasteiger charge is -2.32. The molecule has 0 saturated carbocycles. The number of nitrogens with one attached hydrogen (secondary N) is 1. The molecule has 1 atom stereocenters. The Morgan fingerprint density at radius 1 is 0.950 bits per heavy atom. The van der Waals surface area contributed by atoms with Gasteiger partial charge in [0.25, 0.3) is 0 Å². The number of thioether (sulfide) groups is 1. The van der Waals surface area contributed by atoms with Gasteiger partial charge in [-0.2, -0.15) is 0 Å². The van der Waals surface area contributed by atoms with E-state index < -0.39 is 11.2 Å². The lowest BCUT2D eigenvalue weighted by molar-refractivity contribution is -0.129. The molecule has 1 N–H and O–H groups in total. The van der Waals surface area contributed by atoms with Gasteiger partial charge < -0.3 is 19.5 Å². The minimum atomic E-state index is -0.677. The topological polar surface area (TPSA) is 107 Å². The molecule has 1 saturated heterocycles. The van der Waals surface area contributed by atoms with E-state index in [0.717, 1.165) is 5.56 Å². The van der Waals surface area contributed by atoms with Crippen molar-refractivity contribution in [1.29, 1.82) is 0 Å². The average molecular weight is 562 g/mol. The van der Waals surface area contributed by atoms with Gasteiger partial charge in [0.1, 0.15) is 16.7 Å². The summed E-state index contributed by atoms with van der Waals surface area (Å²) in [5, 5.41) is 2.60. The lowest BCUT2D eigenvalue weighted by atomic mass is 10.2. The van der Waals surface area contributed by atoms with Crippen LogP contribution in [0.4, 0.5) is 11.4 Å². The summed E-state index contributed by atoms with van der Waals surface area (Å²) in [6, 6.07) is 21.1. The van der Waals surface area contributed by atoms with Crippen LogP contribution in [0.15, 0.2) is 77.8 Å². The highest BCUT2D eigenvalue weighted by Gasteiger charge is 2.36. The van der Waals surface area contributed by atoms with Crippen molar-refractivity contribution in [2.24, 2.45) is 4.99 Å². The maximum absolute atomic E-state index is 13.4. The third-order valence-corrected chi connectivity index (χ3v) is 7.16. The summed E-state index contributed by atoms with van der Waals surface area (Å²) in [6.07, 6.45) is 0.0184. The number of nitrogens with zero attached hydrogens (tertiary/aromatic N) is 2. The van der Waals surface area contributed by atoms with Crippen LogP contribution in [0.5, 0.6) is 11.5 Å². The van der Waals surface area contributed by atoms with Gasteiger partial charge >= 0.3 is 5.97 Å². The molecule has 2 amide bonds. The first kappa shape index (κ1) is 28.7. The Balaban J connectivity index is 1.56. The molecule has 1 aliphatic rings. The minimum Gasteiger partial charge on any atom is -0.497 e. The highest BCUT2D eigenvalue weighted by molar-refractivity contribution is 8.15. The van der Waals surface area contributed by atoms with Gasteiger partial charge in [0.15, 0.2) is 5.17 Å². The van der Waals surface area contributed by atoms with Gasteiger partial charge in [-0.15, -0.1) is 0 Å². The van der Waals surface area contributed by atoms with Crippen LogP contribution < -0.4 is 14.8 Å². The predicted molar refractivity (Wildman–Crippen MR) is 155 cm³/mol. The molecule has 0 aromatic heterocycles. The van der Waals surface area contributed by atoms with Crippen LogP contribution in [-0.4, -0.2) is 53.4 Å². The number of esters is 1. The molecular formula is C30H31N3O6S. The van der Waals surface area contributed by atoms with Crippen molar-refractivity contribution in [1.82, 2.24) is 4.90 Å². The molecule has 0 radical (unpaired) electrons. The van der Waals surface area contributed by atoms with E-state index in [-0.39, 0.29) is 31.4 Å². The number of rotatable bonds is 10. The number of ether oxygens (including phenoxy) is 3. The summed E-state index contributed by atoms with van der Waals surface area (Å²) in [6.45, 7) is 4.76. The zero-order valence-corrected chi connectivity index (χ0v) is 23.4. The number of carbonyl (C=O) groups excluding carboxylic acids is 3. The van der Waals surface area contributed by atoms with Crippen molar-refractivity contribution in [3.63, 3.8) is 0 Å². The van der Waals surface area contributed by atoms with Crippen LogP contribution in [0, 0.1) is 0 Å². The number of amides is 2. The Morgan fingerprint density at radius 2 is 1.62 bits per heavy atom. The van der Waals surface area contributed by atoms with Crippen LogP contribution in [0.3, 0.4) is 0 Å².